The molecule has 0 saturated carbocycles. The van der Waals surface area contributed by atoms with Crippen molar-refractivity contribution in [2.45, 2.75) is 46.0 Å². The molecule has 1 heterocycles. The first-order valence-corrected chi connectivity index (χ1v) is 7.84. The molecule has 2 aromatic rings. The standard InChI is InChI=1S/C16H22N2S/c1-3-4-5-6-7-13-8-10-14(11-9-13)15-12(2)19-16(17)18-15/h8-11H,3-7H2,1-2H3,(H2,17,18). The molecule has 0 fully saturated rings. The third-order valence-electron chi connectivity index (χ3n) is 3.36. The van der Waals surface area contributed by atoms with Gasteiger partial charge >= 0.3 is 0 Å². The number of aryl methyl sites for hydroxylation is 2. The van der Waals surface area contributed by atoms with Gasteiger partial charge < -0.3 is 5.73 Å². The maximum absolute atomic E-state index is 5.75. The van der Waals surface area contributed by atoms with Gasteiger partial charge in [0.2, 0.25) is 0 Å². The third kappa shape index (κ3) is 3.80. The van der Waals surface area contributed by atoms with Gasteiger partial charge in [0.15, 0.2) is 5.13 Å². The normalized spacial score (nSPS) is 10.8. The lowest BCUT2D eigenvalue weighted by Crippen LogP contribution is -1.88. The number of hydrogen-bond donors (Lipinski definition) is 1. The summed E-state index contributed by atoms with van der Waals surface area (Å²) in [5, 5.41) is 0.649. The van der Waals surface area contributed by atoms with E-state index in [9.17, 15) is 0 Å². The summed E-state index contributed by atoms with van der Waals surface area (Å²) < 4.78 is 0. The van der Waals surface area contributed by atoms with Gasteiger partial charge in [0, 0.05) is 10.4 Å². The highest BCUT2D eigenvalue weighted by Gasteiger charge is 2.07. The predicted molar refractivity (Wildman–Crippen MR) is 84.5 cm³/mol. The van der Waals surface area contributed by atoms with Crippen LogP contribution in [-0.4, -0.2) is 4.98 Å². The molecule has 19 heavy (non-hydrogen) atoms. The quantitative estimate of drug-likeness (QED) is 0.767. The van der Waals surface area contributed by atoms with E-state index in [-0.39, 0.29) is 0 Å². The van der Waals surface area contributed by atoms with Gasteiger partial charge in [-0.15, -0.1) is 11.3 Å². The lowest BCUT2D eigenvalue weighted by molar-refractivity contribution is 0.667. The Morgan fingerprint density at radius 1 is 1.11 bits per heavy atom. The molecule has 1 aromatic heterocycles. The van der Waals surface area contributed by atoms with Gasteiger partial charge in [-0.1, -0.05) is 50.5 Å². The second kappa shape index (κ2) is 6.71. The van der Waals surface area contributed by atoms with Crippen molar-refractivity contribution >= 4 is 16.5 Å². The first-order chi connectivity index (χ1) is 9.20. The molecule has 102 valence electrons. The topological polar surface area (TPSA) is 38.9 Å². The van der Waals surface area contributed by atoms with Gasteiger partial charge in [-0.25, -0.2) is 4.98 Å². The van der Waals surface area contributed by atoms with Crippen LogP contribution in [0.2, 0.25) is 0 Å². The van der Waals surface area contributed by atoms with Crippen molar-refractivity contribution in [2.24, 2.45) is 0 Å². The number of nitrogen functional groups attached to an aromatic ring is 1. The molecule has 0 spiro atoms. The van der Waals surface area contributed by atoms with Crippen LogP contribution in [0.5, 0.6) is 0 Å². The summed E-state index contributed by atoms with van der Waals surface area (Å²) in [5.41, 5.74) is 9.36. The van der Waals surface area contributed by atoms with E-state index in [1.807, 2.05) is 0 Å². The van der Waals surface area contributed by atoms with Gasteiger partial charge in [-0.3, -0.25) is 0 Å². The van der Waals surface area contributed by atoms with Crippen LogP contribution in [0, 0.1) is 6.92 Å². The SMILES string of the molecule is CCCCCCc1ccc(-c2nc(N)sc2C)cc1. The molecule has 0 aliphatic rings. The highest BCUT2D eigenvalue weighted by Crippen LogP contribution is 2.28. The molecule has 0 aliphatic heterocycles. The summed E-state index contributed by atoms with van der Waals surface area (Å²) in [6.45, 7) is 4.32. The molecule has 2 nitrogen and oxygen atoms in total. The van der Waals surface area contributed by atoms with E-state index in [0.29, 0.717) is 5.13 Å². The summed E-state index contributed by atoms with van der Waals surface area (Å²) in [6.07, 6.45) is 6.44. The predicted octanol–water partition coefficient (Wildman–Crippen LogP) is 4.82. The van der Waals surface area contributed by atoms with Crippen LogP contribution in [0.3, 0.4) is 0 Å². The van der Waals surface area contributed by atoms with Gasteiger partial charge in [-0.05, 0) is 25.3 Å². The molecule has 2 rings (SSSR count). The van der Waals surface area contributed by atoms with E-state index < -0.39 is 0 Å². The minimum Gasteiger partial charge on any atom is -0.375 e. The molecule has 0 atom stereocenters. The largest absolute Gasteiger partial charge is 0.375 e. The molecule has 0 unspecified atom stereocenters. The van der Waals surface area contributed by atoms with E-state index >= 15 is 0 Å². The Hall–Kier alpha value is -1.35. The number of hydrogen-bond acceptors (Lipinski definition) is 3. The highest BCUT2D eigenvalue weighted by molar-refractivity contribution is 7.15. The fourth-order valence-corrected chi connectivity index (χ4v) is 2.98. The number of nitrogens with zero attached hydrogens (tertiary/aromatic N) is 1. The van der Waals surface area contributed by atoms with Crippen molar-refractivity contribution in [1.82, 2.24) is 4.98 Å². The highest BCUT2D eigenvalue weighted by atomic mass is 32.1. The first-order valence-electron chi connectivity index (χ1n) is 7.03. The first kappa shape index (κ1) is 14.1. The maximum Gasteiger partial charge on any atom is 0.180 e. The molecule has 2 N–H and O–H groups in total. The molecule has 0 radical (unpaired) electrons. The molecule has 0 amide bonds. The Labute approximate surface area is 119 Å². The molecule has 1 aromatic carbocycles. The number of anilines is 1. The summed E-state index contributed by atoms with van der Waals surface area (Å²) in [6, 6.07) is 8.76. The van der Waals surface area contributed by atoms with Gasteiger partial charge in [0.1, 0.15) is 0 Å². The second-order valence-electron chi connectivity index (χ2n) is 4.96. The number of benzene rings is 1. The third-order valence-corrected chi connectivity index (χ3v) is 4.16. The van der Waals surface area contributed by atoms with Gasteiger partial charge in [0.05, 0.1) is 5.69 Å². The lowest BCUT2D eigenvalue weighted by atomic mass is 10.0. The monoisotopic (exact) mass is 274 g/mol. The van der Waals surface area contributed by atoms with Crippen molar-refractivity contribution in [3.63, 3.8) is 0 Å². The number of aromatic nitrogens is 1. The van der Waals surface area contributed by atoms with E-state index in [2.05, 4.69) is 43.1 Å². The maximum atomic E-state index is 5.75. The van der Waals surface area contributed by atoms with Crippen molar-refractivity contribution in [2.75, 3.05) is 5.73 Å². The Bertz CT molecular complexity index is 514. The molecule has 0 bridgehead atoms. The Morgan fingerprint density at radius 2 is 1.84 bits per heavy atom. The average molecular weight is 274 g/mol. The van der Waals surface area contributed by atoms with Crippen molar-refractivity contribution in [1.29, 1.82) is 0 Å². The van der Waals surface area contributed by atoms with E-state index in [1.165, 1.54) is 48.1 Å². The van der Waals surface area contributed by atoms with Crippen LogP contribution < -0.4 is 5.73 Å². The van der Waals surface area contributed by atoms with Crippen molar-refractivity contribution in [3.8, 4) is 11.3 Å². The Morgan fingerprint density at radius 3 is 2.42 bits per heavy atom. The minimum absolute atomic E-state index is 0.649. The summed E-state index contributed by atoms with van der Waals surface area (Å²) in [7, 11) is 0. The fourth-order valence-electron chi connectivity index (χ4n) is 2.27. The molecule has 0 saturated heterocycles. The molecule has 3 heteroatoms. The zero-order chi connectivity index (χ0) is 13.7. The van der Waals surface area contributed by atoms with Crippen molar-refractivity contribution < 1.29 is 0 Å². The molecular formula is C16H22N2S. The van der Waals surface area contributed by atoms with Gasteiger partial charge in [0.25, 0.3) is 0 Å². The van der Waals surface area contributed by atoms with E-state index in [4.69, 9.17) is 5.73 Å². The smallest absolute Gasteiger partial charge is 0.180 e. The number of rotatable bonds is 6. The number of thiazole rings is 1. The number of unbranched alkanes of at least 4 members (excludes halogenated alkanes) is 3. The van der Waals surface area contributed by atoms with Crippen molar-refractivity contribution in [3.05, 3.63) is 34.7 Å². The Balaban J connectivity index is 2.00. The lowest BCUT2D eigenvalue weighted by Gasteiger charge is -2.03. The Kier molecular flexibility index (Phi) is 4.97. The van der Waals surface area contributed by atoms with Gasteiger partial charge in [-0.2, -0.15) is 0 Å². The average Bonchev–Trinajstić information content (AvgIpc) is 2.75. The van der Waals surface area contributed by atoms with E-state index in [1.54, 1.807) is 11.3 Å². The second-order valence-corrected chi connectivity index (χ2v) is 6.20. The van der Waals surface area contributed by atoms with Crippen LogP contribution in [0.1, 0.15) is 43.0 Å². The zero-order valence-electron chi connectivity index (χ0n) is 11.8. The van der Waals surface area contributed by atoms with Crippen LogP contribution in [0.25, 0.3) is 11.3 Å². The summed E-state index contributed by atoms with van der Waals surface area (Å²) in [4.78, 5) is 5.58. The van der Waals surface area contributed by atoms with Crippen LogP contribution in [0.15, 0.2) is 24.3 Å². The zero-order valence-corrected chi connectivity index (χ0v) is 12.6. The van der Waals surface area contributed by atoms with Crippen LogP contribution >= 0.6 is 11.3 Å². The fraction of sp³-hybridized carbons (Fsp3) is 0.438. The summed E-state index contributed by atoms with van der Waals surface area (Å²) in [5.74, 6) is 0. The van der Waals surface area contributed by atoms with Crippen LogP contribution in [-0.2, 0) is 6.42 Å². The summed E-state index contributed by atoms with van der Waals surface area (Å²) >= 11 is 1.55. The minimum atomic E-state index is 0.649. The molecular weight excluding hydrogens is 252 g/mol. The van der Waals surface area contributed by atoms with Crippen LogP contribution in [0.4, 0.5) is 5.13 Å². The number of nitrogens with two attached hydrogens (primary N) is 1. The molecule has 0 aliphatic carbocycles. The van der Waals surface area contributed by atoms with E-state index in [0.717, 1.165) is 5.69 Å².